The molecule has 2 aromatic heterocycles. The van der Waals surface area contributed by atoms with E-state index in [0.29, 0.717) is 18.0 Å². The van der Waals surface area contributed by atoms with Crippen LogP contribution in [-0.4, -0.2) is 25.4 Å². The molecule has 0 amide bonds. The molecule has 5 nitrogen and oxygen atoms in total. The van der Waals surface area contributed by atoms with Crippen molar-refractivity contribution in [2.24, 2.45) is 5.92 Å². The number of aromatic nitrogens is 3. The maximum atomic E-state index is 12.1. The highest BCUT2D eigenvalue weighted by Gasteiger charge is 2.23. The van der Waals surface area contributed by atoms with E-state index < -0.39 is 6.10 Å². The quantitative estimate of drug-likeness (QED) is 0.881. The lowest BCUT2D eigenvalue weighted by Crippen LogP contribution is -2.30. The fraction of sp³-hybridized carbons (Fsp3) is 0.538. The number of nitrogens with zero attached hydrogens (tertiary/aromatic N) is 3. The molecule has 1 unspecified atom stereocenters. The van der Waals surface area contributed by atoms with Gasteiger partial charge in [0, 0.05) is 12.4 Å². The molecule has 1 atom stereocenters. The van der Waals surface area contributed by atoms with Crippen molar-refractivity contribution in [3.63, 3.8) is 0 Å². The van der Waals surface area contributed by atoms with Gasteiger partial charge in [-0.2, -0.15) is 5.10 Å². The summed E-state index contributed by atoms with van der Waals surface area (Å²) < 4.78 is 3.14. The lowest BCUT2D eigenvalue weighted by molar-refractivity contribution is 0.0921. The van der Waals surface area contributed by atoms with E-state index in [-0.39, 0.29) is 5.56 Å². The first-order valence-electron chi connectivity index (χ1n) is 6.46. The molecule has 0 saturated heterocycles. The van der Waals surface area contributed by atoms with Crippen LogP contribution in [0.1, 0.15) is 25.7 Å². The largest absolute Gasteiger partial charge is 0.391 e. The molecule has 1 aliphatic carbocycles. The van der Waals surface area contributed by atoms with E-state index in [1.165, 1.54) is 12.8 Å². The summed E-state index contributed by atoms with van der Waals surface area (Å²) in [4.78, 5) is 12.1. The second-order valence-corrected chi connectivity index (χ2v) is 5.03. The summed E-state index contributed by atoms with van der Waals surface area (Å²) in [6, 6.07) is 1.70. The van der Waals surface area contributed by atoms with E-state index in [0.717, 1.165) is 12.8 Å². The van der Waals surface area contributed by atoms with Gasteiger partial charge in [0.2, 0.25) is 0 Å². The number of fused-ring (bicyclic) bond motifs is 1. The van der Waals surface area contributed by atoms with Crippen molar-refractivity contribution in [1.82, 2.24) is 14.2 Å². The second-order valence-electron chi connectivity index (χ2n) is 5.03. The van der Waals surface area contributed by atoms with Crippen LogP contribution >= 0.6 is 0 Å². The highest BCUT2D eigenvalue weighted by molar-refractivity contribution is 5.42. The number of aliphatic hydroxyl groups excluding tert-OH is 1. The Bertz CT molecular complexity index is 596. The molecule has 3 rings (SSSR count). The Morgan fingerprint density at radius 2 is 2.17 bits per heavy atom. The molecule has 0 aliphatic heterocycles. The fourth-order valence-corrected chi connectivity index (χ4v) is 2.80. The summed E-state index contributed by atoms with van der Waals surface area (Å²) in [6.45, 7) is 0.380. The predicted molar refractivity (Wildman–Crippen MR) is 67.4 cm³/mol. The smallest absolute Gasteiger partial charge is 0.276 e. The Hall–Kier alpha value is -1.62. The van der Waals surface area contributed by atoms with Crippen molar-refractivity contribution in [1.29, 1.82) is 0 Å². The zero-order valence-electron chi connectivity index (χ0n) is 10.2. The molecule has 1 N–H and O–H groups in total. The Balaban J connectivity index is 1.85. The Morgan fingerprint density at radius 1 is 1.39 bits per heavy atom. The van der Waals surface area contributed by atoms with Crippen LogP contribution in [0.5, 0.6) is 0 Å². The lowest BCUT2D eigenvalue weighted by Gasteiger charge is -2.18. The first-order valence-corrected chi connectivity index (χ1v) is 6.46. The molecule has 0 bridgehead atoms. The molecule has 0 aromatic carbocycles. The van der Waals surface area contributed by atoms with Crippen molar-refractivity contribution >= 4 is 5.52 Å². The summed E-state index contributed by atoms with van der Waals surface area (Å²) in [7, 11) is 0. The molecule has 2 aromatic rings. The number of hydrogen-bond acceptors (Lipinski definition) is 3. The van der Waals surface area contributed by atoms with Crippen LogP contribution in [0.4, 0.5) is 0 Å². The van der Waals surface area contributed by atoms with Gasteiger partial charge in [0.1, 0.15) is 5.52 Å². The van der Waals surface area contributed by atoms with Crippen LogP contribution in [0, 0.1) is 5.92 Å². The van der Waals surface area contributed by atoms with Crippen LogP contribution in [0.2, 0.25) is 0 Å². The van der Waals surface area contributed by atoms with Crippen LogP contribution in [0.15, 0.2) is 29.5 Å². The van der Waals surface area contributed by atoms with Gasteiger partial charge in [-0.1, -0.05) is 12.8 Å². The normalized spacial score (nSPS) is 18.5. The van der Waals surface area contributed by atoms with Crippen LogP contribution in [-0.2, 0) is 6.54 Å². The summed E-state index contributed by atoms with van der Waals surface area (Å²) >= 11 is 0. The van der Waals surface area contributed by atoms with Crippen LogP contribution in [0.25, 0.3) is 5.52 Å². The van der Waals surface area contributed by atoms with E-state index in [1.54, 1.807) is 33.7 Å². The molecular formula is C13H17N3O2. The molecule has 2 heterocycles. The van der Waals surface area contributed by atoms with E-state index in [2.05, 4.69) is 5.10 Å². The van der Waals surface area contributed by atoms with Gasteiger partial charge in [0.25, 0.3) is 5.56 Å². The van der Waals surface area contributed by atoms with Crippen LogP contribution < -0.4 is 5.56 Å². The number of hydrogen-bond donors (Lipinski definition) is 1. The third-order valence-electron chi connectivity index (χ3n) is 3.87. The Kier molecular flexibility index (Phi) is 2.91. The van der Waals surface area contributed by atoms with Gasteiger partial charge in [0.15, 0.2) is 0 Å². The van der Waals surface area contributed by atoms with Gasteiger partial charge in [-0.3, -0.25) is 4.79 Å². The second kappa shape index (κ2) is 4.57. The van der Waals surface area contributed by atoms with Crippen molar-refractivity contribution in [3.05, 3.63) is 35.0 Å². The van der Waals surface area contributed by atoms with E-state index in [9.17, 15) is 9.90 Å². The van der Waals surface area contributed by atoms with Crippen molar-refractivity contribution in [2.75, 3.05) is 0 Å². The van der Waals surface area contributed by atoms with Crippen LogP contribution in [0.3, 0.4) is 0 Å². The molecule has 0 radical (unpaired) electrons. The monoisotopic (exact) mass is 247 g/mol. The zero-order valence-corrected chi connectivity index (χ0v) is 10.2. The molecule has 1 aliphatic rings. The van der Waals surface area contributed by atoms with Crippen molar-refractivity contribution in [2.45, 2.75) is 38.3 Å². The maximum absolute atomic E-state index is 12.1. The van der Waals surface area contributed by atoms with Gasteiger partial charge >= 0.3 is 0 Å². The van der Waals surface area contributed by atoms with E-state index >= 15 is 0 Å². The zero-order chi connectivity index (χ0) is 12.5. The average molecular weight is 247 g/mol. The molecular weight excluding hydrogens is 230 g/mol. The number of rotatable bonds is 3. The Labute approximate surface area is 105 Å². The summed E-state index contributed by atoms with van der Waals surface area (Å²) in [5.41, 5.74) is 0.461. The van der Waals surface area contributed by atoms with Gasteiger partial charge in [-0.25, -0.2) is 4.52 Å². The molecule has 0 spiro atoms. The number of aliphatic hydroxyl groups is 1. The molecule has 5 heteroatoms. The SMILES string of the molecule is O=c1c2ccnn2ccn1CC(O)C1CCCC1. The first-order chi connectivity index (χ1) is 8.75. The maximum Gasteiger partial charge on any atom is 0.276 e. The minimum atomic E-state index is -0.421. The standard InChI is InChI=1S/C13H17N3O2/c17-12(10-3-1-2-4-10)9-15-7-8-16-11(13(15)18)5-6-14-16/h5-8,10,12,17H,1-4,9H2. The molecule has 1 fully saturated rings. The van der Waals surface area contributed by atoms with Gasteiger partial charge in [0.05, 0.1) is 18.8 Å². The minimum absolute atomic E-state index is 0.0907. The van der Waals surface area contributed by atoms with Gasteiger partial charge in [-0.05, 0) is 24.8 Å². The minimum Gasteiger partial charge on any atom is -0.391 e. The lowest BCUT2D eigenvalue weighted by atomic mass is 10.0. The highest BCUT2D eigenvalue weighted by Crippen LogP contribution is 2.28. The van der Waals surface area contributed by atoms with Crippen molar-refractivity contribution < 1.29 is 5.11 Å². The fourth-order valence-electron chi connectivity index (χ4n) is 2.80. The molecule has 96 valence electrons. The van der Waals surface area contributed by atoms with Gasteiger partial charge < -0.3 is 9.67 Å². The van der Waals surface area contributed by atoms with E-state index in [4.69, 9.17) is 0 Å². The Morgan fingerprint density at radius 3 is 2.94 bits per heavy atom. The molecule has 1 saturated carbocycles. The van der Waals surface area contributed by atoms with Gasteiger partial charge in [-0.15, -0.1) is 0 Å². The summed E-state index contributed by atoms with van der Waals surface area (Å²) in [5, 5.41) is 14.2. The molecule has 18 heavy (non-hydrogen) atoms. The third-order valence-corrected chi connectivity index (χ3v) is 3.87. The summed E-state index contributed by atoms with van der Waals surface area (Å²) in [6.07, 6.45) is 9.16. The predicted octanol–water partition coefficient (Wildman–Crippen LogP) is 1.05. The average Bonchev–Trinajstić information content (AvgIpc) is 3.02. The van der Waals surface area contributed by atoms with Crippen molar-refractivity contribution in [3.8, 4) is 0 Å². The third kappa shape index (κ3) is 1.95. The first kappa shape index (κ1) is 11.5. The summed E-state index contributed by atoms with van der Waals surface area (Å²) in [5.74, 6) is 0.345. The highest BCUT2D eigenvalue weighted by atomic mass is 16.3. The topological polar surface area (TPSA) is 59.5 Å². The van der Waals surface area contributed by atoms with E-state index in [1.807, 2.05) is 0 Å².